The van der Waals surface area contributed by atoms with Crippen LogP contribution in [-0.2, 0) is 32.7 Å². The standard InChI is InChI=1S/C27H35.4C2H6.Y/c1-2-9-18-16(7-1)15-17-8-5-13-22-24(17)25(18)23-14-6-12-21-19-10-3-4-11-20(19)26(22)27(21)23;4*1-2;/h3-4,10-11,16-18,21-24,26-27H,1-2,5-9,12-15H2;4*1-2H3;/q-1;;;;;. The molecule has 1 heteroatoms. The van der Waals surface area contributed by atoms with E-state index in [1.807, 2.05) is 61.0 Å². The van der Waals surface area contributed by atoms with Gasteiger partial charge >= 0.3 is 0 Å². The summed E-state index contributed by atoms with van der Waals surface area (Å²) in [5, 5.41) is 0. The largest absolute Gasteiger partial charge is 0.303 e. The van der Waals surface area contributed by atoms with Crippen LogP contribution in [0.5, 0.6) is 0 Å². The molecular formula is C35H59Y-. The number of hydrogen-bond donors (Lipinski definition) is 0. The van der Waals surface area contributed by atoms with E-state index in [4.69, 9.17) is 0 Å². The number of benzene rings is 1. The Hall–Kier alpha value is 0.324. The zero-order valence-electron chi connectivity index (χ0n) is 25.4. The molecule has 0 nitrogen and oxygen atoms in total. The van der Waals surface area contributed by atoms with Crippen LogP contribution in [0.25, 0.3) is 0 Å². The summed E-state index contributed by atoms with van der Waals surface area (Å²) in [4.78, 5) is 0. The Kier molecular flexibility index (Phi) is 14.3. The Morgan fingerprint density at radius 1 is 0.611 bits per heavy atom. The Balaban J connectivity index is 0.000000467. The summed E-state index contributed by atoms with van der Waals surface area (Å²) in [5.74, 6) is 11.2. The summed E-state index contributed by atoms with van der Waals surface area (Å²) in [6, 6.07) is 9.76. The quantitative estimate of drug-likeness (QED) is 0.273. The molecule has 1 aromatic rings. The second-order valence-corrected chi connectivity index (χ2v) is 11.1. The smallest absolute Gasteiger partial charge is 0 e. The van der Waals surface area contributed by atoms with E-state index >= 15 is 0 Å². The van der Waals surface area contributed by atoms with E-state index in [1.54, 1.807) is 37.7 Å². The maximum atomic E-state index is 2.55. The molecule has 9 atom stereocenters. The molecule has 0 aliphatic heterocycles. The van der Waals surface area contributed by atoms with Crippen LogP contribution in [0.1, 0.15) is 149 Å². The molecule has 0 saturated heterocycles. The normalized spacial score (nSPS) is 38.4. The number of hydrogen-bond acceptors (Lipinski definition) is 0. The second kappa shape index (κ2) is 15.8. The summed E-state index contributed by atoms with van der Waals surface area (Å²) in [5.41, 5.74) is 3.61. The SMILES string of the molecule is CC.CC.CC.CC.[Y].c1ccc2c(c1)C1CCCC3[C-]4C5CCCCC5CC5CCCC(C2C13)C45. The van der Waals surface area contributed by atoms with Gasteiger partial charge in [-0.25, -0.2) is 0 Å². The summed E-state index contributed by atoms with van der Waals surface area (Å²) in [7, 11) is 0. The third kappa shape index (κ3) is 5.62. The van der Waals surface area contributed by atoms with Crippen LogP contribution in [0, 0.1) is 47.3 Å². The van der Waals surface area contributed by atoms with Crippen molar-refractivity contribution in [2.75, 3.05) is 0 Å². The van der Waals surface area contributed by atoms with Crippen molar-refractivity contribution in [2.24, 2.45) is 41.4 Å². The Morgan fingerprint density at radius 3 is 1.92 bits per heavy atom. The Morgan fingerprint density at radius 2 is 1.19 bits per heavy atom. The van der Waals surface area contributed by atoms with Gasteiger partial charge in [0.15, 0.2) is 0 Å². The number of rotatable bonds is 0. The maximum Gasteiger partial charge on any atom is 0 e. The molecule has 6 aliphatic rings. The van der Waals surface area contributed by atoms with Gasteiger partial charge in [0.2, 0.25) is 0 Å². The van der Waals surface area contributed by atoms with Crippen molar-refractivity contribution in [1.82, 2.24) is 0 Å². The van der Waals surface area contributed by atoms with Gasteiger partial charge in [-0.15, -0.1) is 0 Å². The van der Waals surface area contributed by atoms with Crippen molar-refractivity contribution < 1.29 is 32.7 Å². The summed E-state index contributed by atoms with van der Waals surface area (Å²) < 4.78 is 0. The summed E-state index contributed by atoms with van der Waals surface area (Å²) in [6.45, 7) is 16.0. The molecule has 9 unspecified atom stereocenters. The van der Waals surface area contributed by atoms with Crippen molar-refractivity contribution in [2.45, 2.75) is 138 Å². The van der Waals surface area contributed by atoms with Gasteiger partial charge in [-0.2, -0.15) is 17.8 Å². The average molecular weight is 569 g/mol. The van der Waals surface area contributed by atoms with Gasteiger partial charge in [0, 0.05) is 32.7 Å². The fourth-order valence-corrected chi connectivity index (χ4v) is 9.95. The van der Waals surface area contributed by atoms with E-state index in [-0.39, 0.29) is 32.7 Å². The van der Waals surface area contributed by atoms with Crippen LogP contribution >= 0.6 is 0 Å². The predicted molar refractivity (Wildman–Crippen MR) is 156 cm³/mol. The molecule has 1 aromatic carbocycles. The minimum Gasteiger partial charge on any atom is -0.303 e. The first kappa shape index (κ1) is 32.5. The van der Waals surface area contributed by atoms with E-state index in [0.29, 0.717) is 0 Å². The molecule has 5 saturated carbocycles. The zero-order chi connectivity index (χ0) is 25.5. The van der Waals surface area contributed by atoms with Gasteiger partial charge in [0.05, 0.1) is 0 Å². The van der Waals surface area contributed by atoms with Crippen LogP contribution in [0.4, 0.5) is 0 Å². The molecule has 0 amide bonds. The van der Waals surface area contributed by atoms with Crippen LogP contribution in [0.3, 0.4) is 0 Å². The molecule has 36 heavy (non-hydrogen) atoms. The maximum absolute atomic E-state index is 2.55. The summed E-state index contributed by atoms with van der Waals surface area (Å²) in [6.07, 6.45) is 16.9. The zero-order valence-corrected chi connectivity index (χ0v) is 28.2. The molecule has 0 heterocycles. The summed E-state index contributed by atoms with van der Waals surface area (Å²) >= 11 is 0. The van der Waals surface area contributed by atoms with E-state index in [1.165, 1.54) is 38.5 Å². The van der Waals surface area contributed by atoms with Crippen LogP contribution in [0.2, 0.25) is 0 Å². The van der Waals surface area contributed by atoms with Crippen molar-refractivity contribution in [3.05, 3.63) is 41.3 Å². The fraction of sp³-hybridized carbons (Fsp3) is 0.800. The van der Waals surface area contributed by atoms with Crippen LogP contribution in [-0.4, -0.2) is 0 Å². The number of fused-ring (bicyclic) bond motifs is 7. The monoisotopic (exact) mass is 568 g/mol. The first-order valence-corrected chi connectivity index (χ1v) is 16.4. The minimum atomic E-state index is 0. The Labute approximate surface area is 251 Å². The first-order valence-electron chi connectivity index (χ1n) is 16.4. The van der Waals surface area contributed by atoms with E-state index in [2.05, 4.69) is 30.2 Å². The predicted octanol–water partition coefficient (Wildman–Crippen LogP) is 11.2. The molecule has 0 N–H and O–H groups in total. The second-order valence-electron chi connectivity index (χ2n) is 11.1. The van der Waals surface area contributed by atoms with Crippen molar-refractivity contribution >= 4 is 0 Å². The molecule has 6 aliphatic carbocycles. The van der Waals surface area contributed by atoms with Crippen molar-refractivity contribution in [1.29, 1.82) is 0 Å². The van der Waals surface area contributed by atoms with Gasteiger partial charge in [-0.1, -0.05) is 168 Å². The first-order chi connectivity index (χ1) is 17.4. The van der Waals surface area contributed by atoms with E-state index < -0.39 is 0 Å². The van der Waals surface area contributed by atoms with Gasteiger partial charge in [-0.3, -0.25) is 0 Å². The van der Waals surface area contributed by atoms with Crippen molar-refractivity contribution in [3.63, 3.8) is 0 Å². The molecule has 0 aromatic heterocycles. The molecule has 0 spiro atoms. The van der Waals surface area contributed by atoms with Crippen LogP contribution in [0.15, 0.2) is 24.3 Å². The molecule has 5 fully saturated rings. The van der Waals surface area contributed by atoms with Crippen LogP contribution < -0.4 is 0 Å². The molecular weight excluding hydrogens is 509 g/mol. The molecule has 203 valence electrons. The van der Waals surface area contributed by atoms with E-state index in [9.17, 15) is 0 Å². The third-order valence-corrected chi connectivity index (χ3v) is 10.4. The van der Waals surface area contributed by atoms with Gasteiger partial charge < -0.3 is 5.92 Å². The van der Waals surface area contributed by atoms with Gasteiger partial charge in [-0.05, 0) is 29.4 Å². The molecule has 1 radical (unpaired) electrons. The molecule has 7 rings (SSSR count). The fourth-order valence-electron chi connectivity index (χ4n) is 9.95. The third-order valence-electron chi connectivity index (χ3n) is 10.4. The topological polar surface area (TPSA) is 0 Å². The molecule has 0 bridgehead atoms. The van der Waals surface area contributed by atoms with Gasteiger partial charge in [0.1, 0.15) is 0 Å². The van der Waals surface area contributed by atoms with Gasteiger partial charge in [0.25, 0.3) is 0 Å². The minimum absolute atomic E-state index is 0. The Bertz CT molecular complexity index is 740. The van der Waals surface area contributed by atoms with E-state index in [0.717, 1.165) is 53.3 Å². The van der Waals surface area contributed by atoms with Crippen molar-refractivity contribution in [3.8, 4) is 0 Å². The average Bonchev–Trinajstić information content (AvgIpc) is 3.31.